The smallest absolute Gasteiger partial charge is 0.0544 e. The van der Waals surface area contributed by atoms with Crippen LogP contribution in [-0.4, -0.2) is 36.6 Å². The van der Waals surface area contributed by atoms with Crippen molar-refractivity contribution < 1.29 is 0 Å². The van der Waals surface area contributed by atoms with Gasteiger partial charge in [-0.3, -0.25) is 4.98 Å². The van der Waals surface area contributed by atoms with Crippen LogP contribution in [0.1, 0.15) is 24.2 Å². The third kappa shape index (κ3) is 4.10. The van der Waals surface area contributed by atoms with Gasteiger partial charge in [-0.05, 0) is 58.0 Å². The fourth-order valence-electron chi connectivity index (χ4n) is 2.54. The molecule has 2 heterocycles. The van der Waals surface area contributed by atoms with E-state index in [1.165, 1.54) is 25.9 Å². The Balaban J connectivity index is 1.72. The lowest BCUT2D eigenvalue weighted by molar-refractivity contribution is 0.206. The zero-order valence-electron chi connectivity index (χ0n) is 10.9. The first-order valence-electron chi connectivity index (χ1n) is 6.56. The number of nitrogens with zero attached hydrogens (tertiary/aromatic N) is 2. The van der Waals surface area contributed by atoms with Crippen molar-refractivity contribution in [3.05, 3.63) is 29.6 Å². The van der Waals surface area contributed by atoms with E-state index >= 15 is 0 Å². The van der Waals surface area contributed by atoms with Crippen molar-refractivity contribution in [1.29, 1.82) is 0 Å². The number of pyridine rings is 1. The first-order valence-corrected chi connectivity index (χ1v) is 6.56. The highest BCUT2D eigenvalue weighted by Crippen LogP contribution is 2.13. The molecule has 0 bridgehead atoms. The largest absolute Gasteiger partial charge is 0.311 e. The highest BCUT2D eigenvalue weighted by molar-refractivity contribution is 5.09. The molecular formula is C14H23N3. The summed E-state index contributed by atoms with van der Waals surface area (Å²) in [5, 5.41) is 3.53. The predicted molar refractivity (Wildman–Crippen MR) is 70.9 cm³/mol. The van der Waals surface area contributed by atoms with Crippen LogP contribution in [0.25, 0.3) is 0 Å². The van der Waals surface area contributed by atoms with Gasteiger partial charge in [0, 0.05) is 18.8 Å². The minimum absolute atomic E-state index is 0.804. The van der Waals surface area contributed by atoms with Gasteiger partial charge in [-0.15, -0.1) is 0 Å². The van der Waals surface area contributed by atoms with Crippen LogP contribution in [0.2, 0.25) is 0 Å². The molecule has 1 atom stereocenters. The van der Waals surface area contributed by atoms with E-state index in [1.54, 1.807) is 0 Å². The maximum absolute atomic E-state index is 4.50. The Kier molecular flexibility index (Phi) is 4.51. The number of rotatable bonds is 4. The molecule has 1 N–H and O–H groups in total. The SMILES string of the molecule is Cc1cccc(CNCC2CCCN(C)C2)n1. The quantitative estimate of drug-likeness (QED) is 0.860. The monoisotopic (exact) mass is 233 g/mol. The molecule has 0 aliphatic carbocycles. The van der Waals surface area contributed by atoms with Gasteiger partial charge in [0.15, 0.2) is 0 Å². The molecule has 3 heteroatoms. The van der Waals surface area contributed by atoms with Gasteiger partial charge in [-0.2, -0.15) is 0 Å². The van der Waals surface area contributed by atoms with Crippen molar-refractivity contribution in [2.75, 3.05) is 26.7 Å². The van der Waals surface area contributed by atoms with Gasteiger partial charge < -0.3 is 10.2 Å². The van der Waals surface area contributed by atoms with Gasteiger partial charge in [0.2, 0.25) is 0 Å². The molecule has 17 heavy (non-hydrogen) atoms. The van der Waals surface area contributed by atoms with Gasteiger partial charge in [0.25, 0.3) is 0 Å². The average molecular weight is 233 g/mol. The van der Waals surface area contributed by atoms with E-state index < -0.39 is 0 Å². The van der Waals surface area contributed by atoms with E-state index in [1.807, 2.05) is 13.0 Å². The van der Waals surface area contributed by atoms with Crippen molar-refractivity contribution in [1.82, 2.24) is 15.2 Å². The summed E-state index contributed by atoms with van der Waals surface area (Å²) in [6, 6.07) is 6.21. The molecular weight excluding hydrogens is 210 g/mol. The van der Waals surface area contributed by atoms with Crippen molar-refractivity contribution in [3.8, 4) is 0 Å². The van der Waals surface area contributed by atoms with Crippen molar-refractivity contribution in [3.63, 3.8) is 0 Å². The van der Waals surface area contributed by atoms with Crippen LogP contribution in [0, 0.1) is 12.8 Å². The minimum Gasteiger partial charge on any atom is -0.311 e. The van der Waals surface area contributed by atoms with E-state index in [4.69, 9.17) is 0 Å². The third-order valence-electron chi connectivity index (χ3n) is 3.41. The molecule has 1 aliphatic rings. The summed E-state index contributed by atoms with van der Waals surface area (Å²) in [6.45, 7) is 6.53. The van der Waals surface area contributed by atoms with Crippen molar-refractivity contribution in [2.24, 2.45) is 5.92 Å². The highest BCUT2D eigenvalue weighted by Gasteiger charge is 2.16. The molecule has 0 amide bonds. The minimum atomic E-state index is 0.804. The Labute approximate surface area is 104 Å². The maximum atomic E-state index is 4.50. The number of aromatic nitrogens is 1. The Bertz CT molecular complexity index is 351. The summed E-state index contributed by atoms with van der Waals surface area (Å²) in [7, 11) is 2.22. The second kappa shape index (κ2) is 6.12. The number of hydrogen-bond acceptors (Lipinski definition) is 3. The number of aryl methyl sites for hydroxylation is 1. The van der Waals surface area contributed by atoms with E-state index in [0.717, 1.165) is 30.4 Å². The maximum Gasteiger partial charge on any atom is 0.0544 e. The van der Waals surface area contributed by atoms with E-state index in [-0.39, 0.29) is 0 Å². The third-order valence-corrected chi connectivity index (χ3v) is 3.41. The molecule has 1 fully saturated rings. The molecule has 0 spiro atoms. The van der Waals surface area contributed by atoms with Crippen LogP contribution < -0.4 is 5.32 Å². The van der Waals surface area contributed by atoms with Gasteiger partial charge >= 0.3 is 0 Å². The number of piperidine rings is 1. The summed E-state index contributed by atoms with van der Waals surface area (Å²) >= 11 is 0. The molecule has 0 aromatic carbocycles. The first kappa shape index (κ1) is 12.5. The number of hydrogen-bond donors (Lipinski definition) is 1. The molecule has 1 aliphatic heterocycles. The number of likely N-dealkylation sites (tertiary alicyclic amines) is 1. The summed E-state index contributed by atoms with van der Waals surface area (Å²) in [4.78, 5) is 6.93. The van der Waals surface area contributed by atoms with Gasteiger partial charge in [-0.25, -0.2) is 0 Å². The first-order chi connectivity index (χ1) is 8.24. The molecule has 0 radical (unpaired) electrons. The molecule has 1 saturated heterocycles. The fraction of sp³-hybridized carbons (Fsp3) is 0.643. The van der Waals surface area contributed by atoms with Crippen LogP contribution in [0.5, 0.6) is 0 Å². The van der Waals surface area contributed by atoms with E-state index in [2.05, 4.69) is 34.4 Å². The molecule has 1 unspecified atom stereocenters. The standard InChI is InChI=1S/C14H23N3/c1-12-5-3-7-14(16-12)10-15-9-13-6-4-8-17(2)11-13/h3,5,7,13,15H,4,6,8-11H2,1-2H3. The normalized spacial score (nSPS) is 21.6. The van der Waals surface area contributed by atoms with E-state index in [9.17, 15) is 0 Å². The topological polar surface area (TPSA) is 28.2 Å². The average Bonchev–Trinajstić information content (AvgIpc) is 2.29. The highest BCUT2D eigenvalue weighted by atomic mass is 15.1. The Morgan fingerprint density at radius 1 is 1.47 bits per heavy atom. The second-order valence-corrected chi connectivity index (χ2v) is 5.17. The van der Waals surface area contributed by atoms with Crippen LogP contribution in [0.3, 0.4) is 0 Å². The zero-order chi connectivity index (χ0) is 12.1. The Hall–Kier alpha value is -0.930. The van der Waals surface area contributed by atoms with Crippen LogP contribution in [0.4, 0.5) is 0 Å². The summed E-state index contributed by atoms with van der Waals surface area (Å²) < 4.78 is 0. The summed E-state index contributed by atoms with van der Waals surface area (Å²) in [6.07, 6.45) is 2.70. The molecule has 0 saturated carbocycles. The molecule has 94 valence electrons. The lowest BCUT2D eigenvalue weighted by Crippen LogP contribution is -2.37. The van der Waals surface area contributed by atoms with Gasteiger partial charge in [-0.1, -0.05) is 6.07 Å². The molecule has 3 nitrogen and oxygen atoms in total. The Morgan fingerprint density at radius 2 is 2.35 bits per heavy atom. The van der Waals surface area contributed by atoms with E-state index in [0.29, 0.717) is 0 Å². The van der Waals surface area contributed by atoms with Crippen molar-refractivity contribution >= 4 is 0 Å². The van der Waals surface area contributed by atoms with Crippen LogP contribution in [0.15, 0.2) is 18.2 Å². The molecule has 2 rings (SSSR count). The fourth-order valence-corrected chi connectivity index (χ4v) is 2.54. The number of nitrogens with one attached hydrogen (secondary N) is 1. The van der Waals surface area contributed by atoms with Crippen molar-refractivity contribution in [2.45, 2.75) is 26.3 Å². The van der Waals surface area contributed by atoms with Crippen LogP contribution in [-0.2, 0) is 6.54 Å². The Morgan fingerprint density at radius 3 is 3.12 bits per heavy atom. The van der Waals surface area contributed by atoms with Gasteiger partial charge in [0.1, 0.15) is 0 Å². The zero-order valence-corrected chi connectivity index (χ0v) is 10.9. The lowest BCUT2D eigenvalue weighted by atomic mass is 9.98. The second-order valence-electron chi connectivity index (χ2n) is 5.17. The molecule has 1 aromatic heterocycles. The molecule has 1 aromatic rings. The summed E-state index contributed by atoms with van der Waals surface area (Å²) in [5.74, 6) is 0.804. The van der Waals surface area contributed by atoms with Gasteiger partial charge in [0.05, 0.1) is 5.69 Å². The lowest BCUT2D eigenvalue weighted by Gasteiger charge is -2.29. The summed E-state index contributed by atoms with van der Waals surface area (Å²) in [5.41, 5.74) is 2.25. The van der Waals surface area contributed by atoms with Crippen LogP contribution >= 0.6 is 0 Å². The predicted octanol–water partition coefficient (Wildman–Crippen LogP) is 1.82.